The molecule has 0 atom stereocenters. The van der Waals surface area contributed by atoms with Crippen molar-refractivity contribution in [2.75, 3.05) is 11.8 Å². The molecule has 0 aromatic heterocycles. The minimum atomic E-state index is -3.83. The number of rotatable bonds is 5. The van der Waals surface area contributed by atoms with Gasteiger partial charge in [0.1, 0.15) is 5.82 Å². The lowest BCUT2D eigenvalue weighted by Crippen LogP contribution is -2.16. The number of nitrogens with one attached hydrogen (secondary N) is 2. The Balaban J connectivity index is 2.40. The van der Waals surface area contributed by atoms with E-state index >= 15 is 0 Å². The number of para-hydroxylation sites is 1. The van der Waals surface area contributed by atoms with Crippen molar-refractivity contribution in [3.63, 3.8) is 0 Å². The zero-order chi connectivity index (χ0) is 15.5. The maximum absolute atomic E-state index is 13.6. The van der Waals surface area contributed by atoms with Crippen LogP contribution in [0.15, 0.2) is 47.4 Å². The fraction of sp³-hybridized carbons (Fsp3) is 0.200. The molecule has 0 aliphatic rings. The Hall–Kier alpha value is -1.92. The van der Waals surface area contributed by atoms with Crippen molar-refractivity contribution >= 4 is 15.7 Å². The average Bonchev–Trinajstić information content (AvgIpc) is 2.43. The number of anilines is 1. The maximum Gasteiger partial charge on any atom is 0.262 e. The Bertz CT molecular complexity index is 745. The highest BCUT2D eigenvalue weighted by Gasteiger charge is 2.18. The van der Waals surface area contributed by atoms with Gasteiger partial charge >= 0.3 is 0 Å². The molecular formula is C15H17FN2O2S. The highest BCUT2D eigenvalue weighted by Crippen LogP contribution is 2.22. The van der Waals surface area contributed by atoms with Gasteiger partial charge in [-0.15, -0.1) is 0 Å². The van der Waals surface area contributed by atoms with Crippen LogP contribution in [-0.2, 0) is 16.6 Å². The molecule has 0 heterocycles. The Kier molecular flexibility index (Phi) is 4.59. The first-order valence-electron chi connectivity index (χ1n) is 6.45. The molecule has 0 amide bonds. The van der Waals surface area contributed by atoms with Gasteiger partial charge in [0, 0.05) is 6.54 Å². The van der Waals surface area contributed by atoms with Gasteiger partial charge in [-0.25, -0.2) is 12.8 Å². The highest BCUT2D eigenvalue weighted by atomic mass is 32.2. The molecule has 2 N–H and O–H groups in total. The van der Waals surface area contributed by atoms with E-state index in [2.05, 4.69) is 10.0 Å². The average molecular weight is 308 g/mol. The number of sulfonamides is 1. The van der Waals surface area contributed by atoms with Gasteiger partial charge in [-0.05, 0) is 43.3 Å². The number of aryl methyl sites for hydroxylation is 1. The standard InChI is InChI=1S/C15H17FN2O2S/c1-11-7-8-12(10-17-2)9-15(11)21(19,20)18-14-6-4-3-5-13(14)16/h3-9,17-18H,10H2,1-2H3. The summed E-state index contributed by atoms with van der Waals surface area (Å²) in [6.45, 7) is 2.27. The Morgan fingerprint density at radius 2 is 1.86 bits per heavy atom. The lowest BCUT2D eigenvalue weighted by atomic mass is 10.1. The van der Waals surface area contributed by atoms with Crippen molar-refractivity contribution in [2.24, 2.45) is 0 Å². The molecule has 0 saturated carbocycles. The molecule has 2 aromatic rings. The zero-order valence-electron chi connectivity index (χ0n) is 11.9. The summed E-state index contributed by atoms with van der Waals surface area (Å²) < 4.78 is 40.8. The first kappa shape index (κ1) is 15.5. The highest BCUT2D eigenvalue weighted by molar-refractivity contribution is 7.92. The van der Waals surface area contributed by atoms with E-state index in [4.69, 9.17) is 0 Å². The first-order chi connectivity index (χ1) is 9.94. The molecule has 112 valence electrons. The fourth-order valence-corrected chi connectivity index (χ4v) is 3.36. The second kappa shape index (κ2) is 6.24. The number of hydrogen-bond donors (Lipinski definition) is 2. The number of halogens is 1. The molecule has 0 aliphatic heterocycles. The minimum Gasteiger partial charge on any atom is -0.316 e. The van der Waals surface area contributed by atoms with Crippen LogP contribution in [0.1, 0.15) is 11.1 Å². The van der Waals surface area contributed by atoms with Crippen LogP contribution >= 0.6 is 0 Å². The van der Waals surface area contributed by atoms with Crippen LogP contribution in [0, 0.1) is 12.7 Å². The van der Waals surface area contributed by atoms with E-state index < -0.39 is 15.8 Å². The molecule has 0 aliphatic carbocycles. The molecule has 0 saturated heterocycles. The van der Waals surface area contributed by atoms with Crippen molar-refractivity contribution in [1.82, 2.24) is 5.32 Å². The van der Waals surface area contributed by atoms with Gasteiger partial charge in [-0.3, -0.25) is 4.72 Å². The SMILES string of the molecule is CNCc1ccc(C)c(S(=O)(=O)Nc2ccccc2F)c1. The summed E-state index contributed by atoms with van der Waals surface area (Å²) in [5.74, 6) is -0.606. The van der Waals surface area contributed by atoms with Gasteiger partial charge in [-0.1, -0.05) is 24.3 Å². The van der Waals surface area contributed by atoms with Gasteiger partial charge in [0.15, 0.2) is 0 Å². The van der Waals surface area contributed by atoms with Crippen molar-refractivity contribution in [3.8, 4) is 0 Å². The predicted molar refractivity (Wildman–Crippen MR) is 81.2 cm³/mol. The molecule has 2 aromatic carbocycles. The fourth-order valence-electron chi connectivity index (χ4n) is 1.99. The molecule has 6 heteroatoms. The quantitative estimate of drug-likeness (QED) is 0.893. The van der Waals surface area contributed by atoms with E-state index in [1.54, 1.807) is 32.2 Å². The summed E-state index contributed by atoms with van der Waals surface area (Å²) in [4.78, 5) is 0.151. The van der Waals surface area contributed by atoms with Gasteiger partial charge in [-0.2, -0.15) is 0 Å². The van der Waals surface area contributed by atoms with E-state index in [0.29, 0.717) is 12.1 Å². The van der Waals surface area contributed by atoms with Gasteiger partial charge < -0.3 is 5.32 Å². The maximum atomic E-state index is 13.6. The molecule has 0 spiro atoms. The molecule has 0 bridgehead atoms. The first-order valence-corrected chi connectivity index (χ1v) is 7.94. The normalized spacial score (nSPS) is 11.4. The van der Waals surface area contributed by atoms with Crippen molar-refractivity contribution in [2.45, 2.75) is 18.4 Å². The molecule has 2 rings (SSSR count). The van der Waals surface area contributed by atoms with Crippen LogP contribution in [0.25, 0.3) is 0 Å². The molecule has 0 unspecified atom stereocenters. The molecule has 21 heavy (non-hydrogen) atoms. The predicted octanol–water partition coefficient (Wildman–Crippen LogP) is 2.65. The third-order valence-corrected chi connectivity index (χ3v) is 4.55. The van der Waals surface area contributed by atoms with Gasteiger partial charge in [0.25, 0.3) is 10.0 Å². The number of benzene rings is 2. The molecule has 4 nitrogen and oxygen atoms in total. The zero-order valence-corrected chi connectivity index (χ0v) is 12.7. The van der Waals surface area contributed by atoms with Gasteiger partial charge in [0.05, 0.1) is 10.6 Å². The number of hydrogen-bond acceptors (Lipinski definition) is 3. The lowest BCUT2D eigenvalue weighted by Gasteiger charge is -2.12. The van der Waals surface area contributed by atoms with E-state index in [1.807, 2.05) is 6.07 Å². The summed E-state index contributed by atoms with van der Waals surface area (Å²) in [6.07, 6.45) is 0. The van der Waals surface area contributed by atoms with E-state index in [0.717, 1.165) is 5.56 Å². The van der Waals surface area contributed by atoms with Crippen LogP contribution in [0.2, 0.25) is 0 Å². The van der Waals surface area contributed by atoms with E-state index in [1.165, 1.54) is 18.2 Å². The second-order valence-electron chi connectivity index (χ2n) is 4.72. The van der Waals surface area contributed by atoms with E-state index in [9.17, 15) is 12.8 Å². The van der Waals surface area contributed by atoms with Crippen LogP contribution in [0.5, 0.6) is 0 Å². The van der Waals surface area contributed by atoms with Crippen molar-refractivity contribution in [1.29, 1.82) is 0 Å². The van der Waals surface area contributed by atoms with Crippen LogP contribution in [0.3, 0.4) is 0 Å². The summed E-state index contributed by atoms with van der Waals surface area (Å²) >= 11 is 0. The summed E-state index contributed by atoms with van der Waals surface area (Å²) in [7, 11) is -2.04. The van der Waals surface area contributed by atoms with Crippen LogP contribution in [-0.4, -0.2) is 15.5 Å². The molecular weight excluding hydrogens is 291 g/mol. The molecule has 0 fully saturated rings. The Morgan fingerprint density at radius 3 is 2.52 bits per heavy atom. The largest absolute Gasteiger partial charge is 0.316 e. The topological polar surface area (TPSA) is 58.2 Å². The van der Waals surface area contributed by atoms with E-state index in [-0.39, 0.29) is 10.6 Å². The van der Waals surface area contributed by atoms with Gasteiger partial charge in [0.2, 0.25) is 0 Å². The van der Waals surface area contributed by atoms with Crippen LogP contribution in [0.4, 0.5) is 10.1 Å². The summed E-state index contributed by atoms with van der Waals surface area (Å²) in [5.41, 5.74) is 1.40. The summed E-state index contributed by atoms with van der Waals surface area (Å²) in [6, 6.07) is 10.9. The van der Waals surface area contributed by atoms with Crippen LogP contribution < -0.4 is 10.0 Å². The molecule has 0 radical (unpaired) electrons. The monoisotopic (exact) mass is 308 g/mol. The third-order valence-electron chi connectivity index (χ3n) is 3.04. The third kappa shape index (κ3) is 3.59. The minimum absolute atomic E-state index is 0.0593. The summed E-state index contributed by atoms with van der Waals surface area (Å²) in [5, 5.41) is 2.97. The van der Waals surface area contributed by atoms with Crippen molar-refractivity contribution < 1.29 is 12.8 Å². The Labute approximate surface area is 124 Å². The second-order valence-corrected chi connectivity index (χ2v) is 6.37. The smallest absolute Gasteiger partial charge is 0.262 e. The van der Waals surface area contributed by atoms with Crippen molar-refractivity contribution in [3.05, 3.63) is 59.4 Å². The lowest BCUT2D eigenvalue weighted by molar-refractivity contribution is 0.597. The Morgan fingerprint density at radius 1 is 1.14 bits per heavy atom.